The Morgan fingerprint density at radius 2 is 2.26 bits per heavy atom. The Morgan fingerprint density at radius 1 is 1.39 bits per heavy atom. The fourth-order valence-electron chi connectivity index (χ4n) is 1.82. The molecule has 23 heavy (non-hydrogen) atoms. The van der Waals surface area contributed by atoms with Crippen LogP contribution in [0.3, 0.4) is 0 Å². The highest BCUT2D eigenvalue weighted by molar-refractivity contribution is 9.10. The number of hydrogen-bond donors (Lipinski definition) is 0. The number of esters is 1. The number of thiophene rings is 1. The summed E-state index contributed by atoms with van der Waals surface area (Å²) in [6.45, 7) is 0.158. The van der Waals surface area contributed by atoms with Crippen LogP contribution in [0.5, 0.6) is 5.75 Å². The molecule has 0 atom stereocenters. The molecular formula is C15H11BrN2O4S. The number of aromatic nitrogens is 2. The number of methoxy groups -OCH3 is 1. The van der Waals surface area contributed by atoms with Crippen LogP contribution in [0.4, 0.5) is 0 Å². The molecule has 0 radical (unpaired) electrons. The molecule has 118 valence electrons. The van der Waals surface area contributed by atoms with Gasteiger partial charge in [-0.05, 0) is 45.6 Å². The summed E-state index contributed by atoms with van der Waals surface area (Å²) in [5.41, 5.74) is 0.436. The summed E-state index contributed by atoms with van der Waals surface area (Å²) >= 11 is 4.88. The van der Waals surface area contributed by atoms with Crippen molar-refractivity contribution in [3.8, 4) is 16.5 Å². The van der Waals surface area contributed by atoms with Crippen LogP contribution in [-0.4, -0.2) is 23.2 Å². The lowest BCUT2D eigenvalue weighted by atomic mass is 10.2. The van der Waals surface area contributed by atoms with Gasteiger partial charge in [-0.15, -0.1) is 11.3 Å². The number of carbonyl (C=O) groups excluding carboxylic acids is 1. The Morgan fingerprint density at radius 3 is 2.96 bits per heavy atom. The average Bonchev–Trinajstić information content (AvgIpc) is 3.24. The van der Waals surface area contributed by atoms with Crippen molar-refractivity contribution in [2.45, 2.75) is 6.61 Å². The predicted molar refractivity (Wildman–Crippen MR) is 87.4 cm³/mol. The first kappa shape index (κ1) is 15.7. The summed E-state index contributed by atoms with van der Waals surface area (Å²) < 4.78 is 16.1. The first-order valence-electron chi connectivity index (χ1n) is 6.54. The number of rotatable bonds is 5. The van der Waals surface area contributed by atoms with Crippen LogP contribution >= 0.6 is 27.3 Å². The third kappa shape index (κ3) is 3.59. The second kappa shape index (κ2) is 6.93. The van der Waals surface area contributed by atoms with Crippen LogP contribution < -0.4 is 4.74 Å². The Balaban J connectivity index is 1.68. The van der Waals surface area contributed by atoms with Gasteiger partial charge in [0.2, 0.25) is 5.82 Å². The number of nitrogens with zero attached hydrogens (tertiary/aromatic N) is 2. The molecule has 1 aromatic carbocycles. The van der Waals surface area contributed by atoms with Gasteiger partial charge in [0.25, 0.3) is 5.89 Å². The predicted octanol–water partition coefficient (Wildman–Crippen LogP) is 3.93. The van der Waals surface area contributed by atoms with Gasteiger partial charge < -0.3 is 14.0 Å². The molecule has 0 aliphatic rings. The van der Waals surface area contributed by atoms with Gasteiger partial charge >= 0.3 is 5.97 Å². The molecule has 0 aliphatic heterocycles. The van der Waals surface area contributed by atoms with Gasteiger partial charge in [0.1, 0.15) is 5.75 Å². The van der Waals surface area contributed by atoms with Crippen LogP contribution in [0, 0.1) is 0 Å². The minimum absolute atomic E-state index is 0.158. The Labute approximate surface area is 144 Å². The highest BCUT2D eigenvalue weighted by Gasteiger charge is 2.12. The van der Waals surface area contributed by atoms with E-state index in [0.717, 1.165) is 4.88 Å². The standard InChI is InChI=1S/C15H11BrN2O4S/c1-20-15(19)9-4-5-11(10(16)7-9)21-8-13-17-14(22-18-13)12-3-2-6-23-12/h2-7H,8H2,1H3. The van der Waals surface area contributed by atoms with Gasteiger partial charge in [-0.25, -0.2) is 4.79 Å². The van der Waals surface area contributed by atoms with E-state index in [0.29, 0.717) is 27.5 Å². The van der Waals surface area contributed by atoms with Crippen LogP contribution in [0.25, 0.3) is 10.8 Å². The highest BCUT2D eigenvalue weighted by Crippen LogP contribution is 2.27. The summed E-state index contributed by atoms with van der Waals surface area (Å²) in [4.78, 5) is 16.6. The van der Waals surface area contributed by atoms with Crippen molar-refractivity contribution in [2.75, 3.05) is 7.11 Å². The van der Waals surface area contributed by atoms with Crippen LogP contribution in [0.2, 0.25) is 0 Å². The van der Waals surface area contributed by atoms with Crippen LogP contribution in [0.15, 0.2) is 44.7 Å². The number of carbonyl (C=O) groups is 1. The van der Waals surface area contributed by atoms with E-state index < -0.39 is 5.97 Å². The molecule has 0 spiro atoms. The third-order valence-electron chi connectivity index (χ3n) is 2.91. The first-order chi connectivity index (χ1) is 11.2. The zero-order valence-corrected chi connectivity index (χ0v) is 14.4. The largest absolute Gasteiger partial charge is 0.484 e. The monoisotopic (exact) mass is 394 g/mol. The molecule has 0 amide bonds. The van der Waals surface area contributed by atoms with Crippen molar-refractivity contribution in [2.24, 2.45) is 0 Å². The molecule has 6 nitrogen and oxygen atoms in total. The van der Waals surface area contributed by atoms with E-state index in [1.54, 1.807) is 18.2 Å². The summed E-state index contributed by atoms with van der Waals surface area (Å²) in [5.74, 6) is 1.08. The topological polar surface area (TPSA) is 74.5 Å². The molecule has 0 unspecified atom stereocenters. The molecule has 0 fully saturated rings. The second-order valence-corrected chi connectivity index (χ2v) is 6.22. The third-order valence-corrected chi connectivity index (χ3v) is 4.39. The van der Waals surface area contributed by atoms with E-state index in [1.165, 1.54) is 18.4 Å². The maximum absolute atomic E-state index is 11.5. The summed E-state index contributed by atoms with van der Waals surface area (Å²) in [6, 6.07) is 8.76. The molecule has 0 saturated carbocycles. The summed E-state index contributed by atoms with van der Waals surface area (Å²) in [7, 11) is 1.34. The van der Waals surface area contributed by atoms with Crippen molar-refractivity contribution in [3.05, 3.63) is 51.6 Å². The zero-order chi connectivity index (χ0) is 16.2. The molecule has 8 heteroatoms. The van der Waals surface area contributed by atoms with Gasteiger partial charge in [0.15, 0.2) is 6.61 Å². The molecule has 2 aromatic heterocycles. The maximum Gasteiger partial charge on any atom is 0.337 e. The quantitative estimate of drug-likeness (QED) is 0.610. The van der Waals surface area contributed by atoms with Gasteiger partial charge in [-0.2, -0.15) is 4.98 Å². The van der Waals surface area contributed by atoms with Crippen LogP contribution in [-0.2, 0) is 11.3 Å². The molecule has 3 rings (SSSR count). The van der Waals surface area contributed by atoms with Crippen molar-refractivity contribution in [1.29, 1.82) is 0 Å². The fraction of sp³-hybridized carbons (Fsp3) is 0.133. The van der Waals surface area contributed by atoms with E-state index in [4.69, 9.17) is 9.26 Å². The van der Waals surface area contributed by atoms with Gasteiger partial charge in [0.05, 0.1) is 22.0 Å². The average molecular weight is 395 g/mol. The smallest absolute Gasteiger partial charge is 0.337 e. The Kier molecular flexibility index (Phi) is 4.73. The lowest BCUT2D eigenvalue weighted by Crippen LogP contribution is -2.02. The maximum atomic E-state index is 11.5. The van der Waals surface area contributed by atoms with E-state index in [2.05, 4.69) is 30.8 Å². The van der Waals surface area contributed by atoms with Crippen molar-refractivity contribution < 1.29 is 18.8 Å². The van der Waals surface area contributed by atoms with Gasteiger partial charge in [0, 0.05) is 0 Å². The molecular weight excluding hydrogens is 384 g/mol. The molecule has 0 saturated heterocycles. The molecule has 2 heterocycles. The Hall–Kier alpha value is -2.19. The number of ether oxygens (including phenoxy) is 2. The molecule has 3 aromatic rings. The van der Waals surface area contributed by atoms with E-state index >= 15 is 0 Å². The lowest BCUT2D eigenvalue weighted by molar-refractivity contribution is 0.0600. The van der Waals surface area contributed by atoms with Crippen LogP contribution in [0.1, 0.15) is 16.2 Å². The number of hydrogen-bond acceptors (Lipinski definition) is 7. The molecule has 0 bridgehead atoms. The zero-order valence-electron chi connectivity index (χ0n) is 12.0. The van der Waals surface area contributed by atoms with E-state index in [1.807, 2.05) is 17.5 Å². The Bertz CT molecular complexity index is 817. The van der Waals surface area contributed by atoms with Crippen molar-refractivity contribution in [3.63, 3.8) is 0 Å². The highest BCUT2D eigenvalue weighted by atomic mass is 79.9. The lowest BCUT2D eigenvalue weighted by Gasteiger charge is -2.07. The number of benzene rings is 1. The minimum atomic E-state index is -0.406. The number of halogens is 1. The van der Waals surface area contributed by atoms with Crippen molar-refractivity contribution >= 4 is 33.2 Å². The first-order valence-corrected chi connectivity index (χ1v) is 8.22. The van der Waals surface area contributed by atoms with Gasteiger partial charge in [-0.1, -0.05) is 11.2 Å². The SMILES string of the molecule is COC(=O)c1ccc(OCc2noc(-c3cccs3)n2)c(Br)c1. The van der Waals surface area contributed by atoms with E-state index in [9.17, 15) is 4.79 Å². The summed E-state index contributed by atoms with van der Waals surface area (Å²) in [6.07, 6.45) is 0. The molecule has 0 aliphatic carbocycles. The molecule has 0 N–H and O–H groups in total. The normalized spacial score (nSPS) is 10.5. The van der Waals surface area contributed by atoms with E-state index in [-0.39, 0.29) is 6.61 Å². The minimum Gasteiger partial charge on any atom is -0.484 e. The van der Waals surface area contributed by atoms with Gasteiger partial charge in [-0.3, -0.25) is 0 Å². The fourth-order valence-corrected chi connectivity index (χ4v) is 2.96. The second-order valence-electron chi connectivity index (χ2n) is 4.42. The van der Waals surface area contributed by atoms with Crippen molar-refractivity contribution in [1.82, 2.24) is 10.1 Å². The summed E-state index contributed by atoms with van der Waals surface area (Å²) in [5, 5.41) is 5.82.